The van der Waals surface area contributed by atoms with Gasteiger partial charge in [0.1, 0.15) is 0 Å². The largest absolute Gasteiger partial charge is 0.450 e. The van der Waals surface area contributed by atoms with Gasteiger partial charge in [0, 0.05) is 3.57 Å². The fourth-order valence-corrected chi connectivity index (χ4v) is 1.72. The van der Waals surface area contributed by atoms with E-state index in [1.54, 1.807) is 29.5 Å². The molecule has 0 aromatic heterocycles. The van der Waals surface area contributed by atoms with Gasteiger partial charge in [-0.25, -0.2) is 4.79 Å². The van der Waals surface area contributed by atoms with Crippen molar-refractivity contribution in [1.29, 1.82) is 0 Å². The highest BCUT2D eigenvalue weighted by molar-refractivity contribution is 14.1. The summed E-state index contributed by atoms with van der Waals surface area (Å²) in [5.41, 5.74) is -0.464. The lowest BCUT2D eigenvalue weighted by Gasteiger charge is -2.11. The van der Waals surface area contributed by atoms with Crippen LogP contribution in [0.3, 0.4) is 0 Å². The maximum absolute atomic E-state index is 12.4. The van der Waals surface area contributed by atoms with Crippen LogP contribution in [0.25, 0.3) is 0 Å². The Balaban J connectivity index is 2.87. The fraction of sp³-hybridized carbons (Fsp3) is 0.300. The van der Waals surface area contributed by atoms with Crippen LogP contribution in [0, 0.1) is 3.57 Å². The Kier molecular flexibility index (Phi) is 4.61. The molecule has 0 radical (unpaired) electrons. The van der Waals surface area contributed by atoms with E-state index < -0.39 is 17.8 Å². The summed E-state index contributed by atoms with van der Waals surface area (Å²) in [5.74, 6) is 0. The van der Waals surface area contributed by atoms with Gasteiger partial charge in [0.25, 0.3) is 0 Å². The molecular weight excluding hydrogens is 350 g/mol. The second-order valence-corrected chi connectivity index (χ2v) is 4.20. The standard InChI is InChI=1S/C10H9F3INO2/c1-2-17-9(16)15-8-4-3-6(5-7(8)14)10(11,12)13/h3-5H,2H2,1H3,(H,15,16). The summed E-state index contributed by atoms with van der Waals surface area (Å²) in [6.45, 7) is 1.83. The smallest absolute Gasteiger partial charge is 0.416 e. The van der Waals surface area contributed by atoms with Gasteiger partial charge in [-0.3, -0.25) is 5.32 Å². The summed E-state index contributed by atoms with van der Waals surface area (Å²) in [7, 11) is 0. The minimum atomic E-state index is -4.39. The molecule has 94 valence electrons. The number of ether oxygens (including phenoxy) is 1. The number of amides is 1. The van der Waals surface area contributed by atoms with Gasteiger partial charge in [-0.2, -0.15) is 13.2 Å². The first-order chi connectivity index (χ1) is 7.84. The van der Waals surface area contributed by atoms with Crippen LogP contribution in [0.2, 0.25) is 0 Å². The highest BCUT2D eigenvalue weighted by Gasteiger charge is 2.30. The van der Waals surface area contributed by atoms with E-state index in [-0.39, 0.29) is 12.3 Å². The summed E-state index contributed by atoms with van der Waals surface area (Å²) in [4.78, 5) is 11.1. The van der Waals surface area contributed by atoms with Gasteiger partial charge in [-0.15, -0.1) is 0 Å². The number of anilines is 1. The first kappa shape index (κ1) is 14.1. The minimum absolute atomic E-state index is 0.197. The van der Waals surface area contributed by atoms with Crippen LogP contribution in [0.4, 0.5) is 23.7 Å². The second kappa shape index (κ2) is 5.56. The molecule has 0 bridgehead atoms. The third-order valence-electron chi connectivity index (χ3n) is 1.81. The zero-order valence-electron chi connectivity index (χ0n) is 8.77. The fourth-order valence-electron chi connectivity index (χ4n) is 1.07. The SMILES string of the molecule is CCOC(=O)Nc1ccc(C(F)(F)F)cc1I. The van der Waals surface area contributed by atoms with Gasteiger partial charge in [-0.1, -0.05) is 0 Å². The molecule has 0 atom stereocenters. The Hall–Kier alpha value is -0.990. The highest BCUT2D eigenvalue weighted by Crippen LogP contribution is 2.32. The molecule has 0 aliphatic heterocycles. The Labute approximate surface area is 109 Å². The molecule has 0 unspecified atom stereocenters. The molecule has 17 heavy (non-hydrogen) atoms. The van der Waals surface area contributed by atoms with Crippen molar-refractivity contribution in [2.75, 3.05) is 11.9 Å². The Morgan fingerprint density at radius 2 is 2.12 bits per heavy atom. The average Bonchev–Trinajstić information content (AvgIpc) is 2.20. The first-order valence-electron chi connectivity index (χ1n) is 4.65. The Morgan fingerprint density at radius 1 is 1.47 bits per heavy atom. The van der Waals surface area contributed by atoms with Crippen molar-refractivity contribution in [3.63, 3.8) is 0 Å². The first-order valence-corrected chi connectivity index (χ1v) is 5.73. The van der Waals surface area contributed by atoms with E-state index in [0.29, 0.717) is 3.57 Å². The van der Waals surface area contributed by atoms with Crippen LogP contribution in [0.5, 0.6) is 0 Å². The van der Waals surface area contributed by atoms with Crippen molar-refractivity contribution in [2.24, 2.45) is 0 Å². The maximum atomic E-state index is 12.4. The lowest BCUT2D eigenvalue weighted by molar-refractivity contribution is -0.137. The van der Waals surface area contributed by atoms with E-state index in [9.17, 15) is 18.0 Å². The molecule has 0 aliphatic carbocycles. The predicted molar refractivity (Wildman–Crippen MR) is 64.8 cm³/mol. The molecule has 1 aromatic carbocycles. The average molecular weight is 359 g/mol. The molecule has 1 N–H and O–H groups in total. The predicted octanol–water partition coefficient (Wildman–Crippen LogP) is 3.88. The number of benzene rings is 1. The van der Waals surface area contributed by atoms with Crippen molar-refractivity contribution in [3.8, 4) is 0 Å². The normalized spacial score (nSPS) is 11.1. The zero-order valence-corrected chi connectivity index (χ0v) is 10.9. The molecule has 1 rings (SSSR count). The summed E-state index contributed by atoms with van der Waals surface area (Å²) < 4.78 is 42.0. The summed E-state index contributed by atoms with van der Waals surface area (Å²) >= 11 is 1.72. The summed E-state index contributed by atoms with van der Waals surface area (Å²) in [6.07, 6.45) is -5.08. The van der Waals surface area contributed by atoms with E-state index in [2.05, 4.69) is 10.1 Å². The molecule has 0 heterocycles. The van der Waals surface area contributed by atoms with Gasteiger partial charge in [-0.05, 0) is 47.7 Å². The van der Waals surface area contributed by atoms with Gasteiger partial charge in [0.15, 0.2) is 0 Å². The Bertz CT molecular complexity index is 421. The highest BCUT2D eigenvalue weighted by atomic mass is 127. The van der Waals surface area contributed by atoms with Crippen LogP contribution >= 0.6 is 22.6 Å². The number of carbonyl (C=O) groups excluding carboxylic acids is 1. The third kappa shape index (κ3) is 4.06. The third-order valence-corrected chi connectivity index (χ3v) is 2.70. The molecule has 7 heteroatoms. The van der Waals surface area contributed by atoms with Crippen LogP contribution in [0.15, 0.2) is 18.2 Å². The van der Waals surface area contributed by atoms with Crippen LogP contribution in [0.1, 0.15) is 12.5 Å². The zero-order chi connectivity index (χ0) is 13.1. The number of hydrogen-bond donors (Lipinski definition) is 1. The summed E-state index contributed by atoms with van der Waals surface area (Å²) in [5, 5.41) is 2.35. The number of carbonyl (C=O) groups is 1. The maximum Gasteiger partial charge on any atom is 0.416 e. The quantitative estimate of drug-likeness (QED) is 0.814. The number of hydrogen-bond acceptors (Lipinski definition) is 2. The molecule has 1 amide bonds. The van der Waals surface area contributed by atoms with E-state index in [1.807, 2.05) is 0 Å². The van der Waals surface area contributed by atoms with Crippen LogP contribution in [-0.2, 0) is 10.9 Å². The lowest BCUT2D eigenvalue weighted by Crippen LogP contribution is -2.14. The number of nitrogens with one attached hydrogen (secondary N) is 1. The van der Waals surface area contributed by atoms with Crippen LogP contribution < -0.4 is 5.32 Å². The second-order valence-electron chi connectivity index (χ2n) is 3.04. The molecule has 0 saturated carbocycles. The number of halogens is 4. The molecule has 3 nitrogen and oxygen atoms in total. The molecule has 0 aliphatic rings. The van der Waals surface area contributed by atoms with E-state index in [4.69, 9.17) is 0 Å². The van der Waals surface area contributed by atoms with E-state index >= 15 is 0 Å². The number of rotatable bonds is 2. The summed E-state index contributed by atoms with van der Waals surface area (Å²) in [6, 6.07) is 3.06. The minimum Gasteiger partial charge on any atom is -0.450 e. The van der Waals surface area contributed by atoms with Crippen molar-refractivity contribution < 1.29 is 22.7 Å². The van der Waals surface area contributed by atoms with Gasteiger partial charge < -0.3 is 4.74 Å². The molecule has 1 aromatic rings. The van der Waals surface area contributed by atoms with Crippen molar-refractivity contribution in [2.45, 2.75) is 13.1 Å². The van der Waals surface area contributed by atoms with Crippen molar-refractivity contribution >= 4 is 34.4 Å². The van der Waals surface area contributed by atoms with E-state index in [0.717, 1.165) is 12.1 Å². The topological polar surface area (TPSA) is 38.3 Å². The monoisotopic (exact) mass is 359 g/mol. The number of alkyl halides is 3. The Morgan fingerprint density at radius 3 is 2.59 bits per heavy atom. The molecule has 0 fully saturated rings. The van der Waals surface area contributed by atoms with E-state index in [1.165, 1.54) is 6.07 Å². The van der Waals surface area contributed by atoms with Gasteiger partial charge >= 0.3 is 12.3 Å². The van der Waals surface area contributed by atoms with Gasteiger partial charge in [0.05, 0.1) is 17.9 Å². The van der Waals surface area contributed by atoms with Crippen molar-refractivity contribution in [1.82, 2.24) is 0 Å². The molecule has 0 saturated heterocycles. The van der Waals surface area contributed by atoms with Crippen molar-refractivity contribution in [3.05, 3.63) is 27.3 Å². The van der Waals surface area contributed by atoms with Crippen LogP contribution in [-0.4, -0.2) is 12.7 Å². The molecular formula is C10H9F3INO2. The molecule has 0 spiro atoms. The van der Waals surface area contributed by atoms with Gasteiger partial charge in [0.2, 0.25) is 0 Å². The lowest BCUT2D eigenvalue weighted by atomic mass is 10.2.